The van der Waals surface area contributed by atoms with Gasteiger partial charge < -0.3 is 19.5 Å². The molecule has 0 bridgehead atoms. The zero-order valence-electron chi connectivity index (χ0n) is 22.2. The SMILES string of the molecule is Cc1cccc(S(=O)(=O)N2C[C@@H]3CC(OCCC(=O)O)CCN3c3ccc(-c4cc(F)cc(OC(F)F)c4)cc32)c1. The van der Waals surface area contributed by atoms with E-state index in [1.807, 2.05) is 0 Å². The van der Waals surface area contributed by atoms with Crippen molar-refractivity contribution in [2.45, 2.75) is 49.8 Å². The van der Waals surface area contributed by atoms with Gasteiger partial charge in [0, 0.05) is 12.6 Å². The highest BCUT2D eigenvalue weighted by Crippen LogP contribution is 2.44. The molecular formula is C29H29F3N2O6S. The maximum Gasteiger partial charge on any atom is 0.387 e. The molecule has 41 heavy (non-hydrogen) atoms. The van der Waals surface area contributed by atoms with Gasteiger partial charge >= 0.3 is 12.6 Å². The standard InChI is InChI=1S/C29H29F3N2O6S/c1-18-3-2-4-25(11-18)41(37,38)34-17-22-16-23(39-10-8-28(35)36)7-9-33(22)26-6-5-19(14-27(26)34)20-12-21(30)15-24(13-20)40-29(31)32/h2-6,11-15,22-23,29H,7-10,16-17H2,1H3,(H,35,36)/t22-,23?/m0/s1. The van der Waals surface area contributed by atoms with Crippen molar-refractivity contribution in [3.8, 4) is 16.9 Å². The number of sulfonamides is 1. The largest absolute Gasteiger partial charge is 0.481 e. The molecule has 2 atom stereocenters. The van der Waals surface area contributed by atoms with Gasteiger partial charge in [-0.1, -0.05) is 18.2 Å². The van der Waals surface area contributed by atoms with Gasteiger partial charge in [0.15, 0.2) is 0 Å². The first-order valence-electron chi connectivity index (χ1n) is 13.1. The van der Waals surface area contributed by atoms with Crippen LogP contribution in [0.4, 0.5) is 24.5 Å². The van der Waals surface area contributed by atoms with Crippen LogP contribution < -0.4 is 13.9 Å². The van der Waals surface area contributed by atoms with Gasteiger partial charge in [0.05, 0.1) is 48.0 Å². The number of nitrogens with zero attached hydrogens (tertiary/aromatic N) is 2. The summed E-state index contributed by atoms with van der Waals surface area (Å²) in [6.45, 7) is -0.598. The van der Waals surface area contributed by atoms with Crippen molar-refractivity contribution in [2.75, 3.05) is 28.9 Å². The van der Waals surface area contributed by atoms with Crippen LogP contribution in [0.5, 0.6) is 5.75 Å². The summed E-state index contributed by atoms with van der Waals surface area (Å²) >= 11 is 0. The number of carboxylic acids is 1. The second-order valence-electron chi connectivity index (χ2n) is 10.1. The smallest absolute Gasteiger partial charge is 0.387 e. The number of aliphatic carboxylic acids is 1. The highest BCUT2D eigenvalue weighted by Gasteiger charge is 2.40. The Morgan fingerprint density at radius 1 is 1.07 bits per heavy atom. The summed E-state index contributed by atoms with van der Waals surface area (Å²) < 4.78 is 79.6. The zero-order valence-corrected chi connectivity index (χ0v) is 23.0. The number of hydrogen-bond donors (Lipinski definition) is 1. The molecule has 0 aliphatic carbocycles. The van der Waals surface area contributed by atoms with Gasteiger partial charge in [-0.05, 0) is 72.9 Å². The monoisotopic (exact) mass is 590 g/mol. The lowest BCUT2D eigenvalue weighted by molar-refractivity contribution is -0.138. The third-order valence-corrected chi connectivity index (χ3v) is 9.05. The zero-order chi connectivity index (χ0) is 29.3. The molecule has 2 heterocycles. The fraction of sp³-hybridized carbons (Fsp3) is 0.345. The summed E-state index contributed by atoms with van der Waals surface area (Å²) in [5.41, 5.74) is 2.49. The number of fused-ring (bicyclic) bond motifs is 3. The number of rotatable bonds is 9. The molecule has 1 saturated heterocycles. The normalized spacial score (nSPS) is 18.7. The molecule has 0 spiro atoms. The molecule has 12 heteroatoms. The molecule has 0 aromatic heterocycles. The molecule has 218 valence electrons. The Labute approximate surface area is 236 Å². The third-order valence-electron chi connectivity index (χ3n) is 7.27. The van der Waals surface area contributed by atoms with E-state index in [9.17, 15) is 26.4 Å². The second-order valence-corrected chi connectivity index (χ2v) is 12.0. The van der Waals surface area contributed by atoms with Crippen LogP contribution >= 0.6 is 0 Å². The number of carbonyl (C=O) groups is 1. The summed E-state index contributed by atoms with van der Waals surface area (Å²) in [6.07, 6.45) is 0.786. The van der Waals surface area contributed by atoms with Gasteiger partial charge in [0.2, 0.25) is 0 Å². The average Bonchev–Trinajstić information content (AvgIpc) is 2.91. The number of benzene rings is 3. The summed E-state index contributed by atoms with van der Waals surface area (Å²) in [6, 6.07) is 14.7. The molecule has 0 saturated carbocycles. The van der Waals surface area contributed by atoms with Gasteiger partial charge in [0.1, 0.15) is 11.6 Å². The topological polar surface area (TPSA) is 96.4 Å². The molecule has 5 rings (SSSR count). The van der Waals surface area contributed by atoms with Crippen molar-refractivity contribution in [3.05, 3.63) is 72.0 Å². The molecule has 0 radical (unpaired) electrons. The lowest BCUT2D eigenvalue weighted by Gasteiger charge is -2.48. The maximum absolute atomic E-state index is 14.3. The number of alkyl halides is 2. The maximum atomic E-state index is 14.3. The van der Waals surface area contributed by atoms with Gasteiger partial charge in [0.25, 0.3) is 10.0 Å². The Morgan fingerprint density at radius 2 is 1.88 bits per heavy atom. The lowest BCUT2D eigenvalue weighted by atomic mass is 9.94. The highest BCUT2D eigenvalue weighted by molar-refractivity contribution is 7.92. The molecule has 3 aromatic rings. The van der Waals surface area contributed by atoms with Crippen LogP contribution in [0.3, 0.4) is 0 Å². The van der Waals surface area contributed by atoms with Crippen LogP contribution in [0.25, 0.3) is 11.1 Å². The van der Waals surface area contributed by atoms with Crippen LogP contribution in [0.15, 0.2) is 65.6 Å². The number of carboxylic acid groups (broad SMARTS) is 1. The summed E-state index contributed by atoms with van der Waals surface area (Å²) in [5.74, 6) is -2.07. The Hall–Kier alpha value is -3.77. The molecule has 1 fully saturated rings. The van der Waals surface area contributed by atoms with Crippen molar-refractivity contribution in [1.82, 2.24) is 0 Å². The Bertz CT molecular complexity index is 1550. The van der Waals surface area contributed by atoms with Crippen LogP contribution in [0.2, 0.25) is 0 Å². The second kappa shape index (κ2) is 11.6. The van der Waals surface area contributed by atoms with Crippen molar-refractivity contribution in [1.29, 1.82) is 0 Å². The molecule has 0 amide bonds. The minimum Gasteiger partial charge on any atom is -0.481 e. The van der Waals surface area contributed by atoms with Gasteiger partial charge in [-0.15, -0.1) is 0 Å². The summed E-state index contributed by atoms with van der Waals surface area (Å²) in [7, 11) is -4.04. The summed E-state index contributed by atoms with van der Waals surface area (Å²) in [4.78, 5) is 13.1. The number of aryl methyl sites for hydroxylation is 1. The van der Waals surface area contributed by atoms with Crippen LogP contribution in [0, 0.1) is 12.7 Å². The Balaban J connectivity index is 1.55. The number of ether oxygens (including phenoxy) is 2. The van der Waals surface area contributed by atoms with Crippen LogP contribution in [-0.2, 0) is 19.6 Å². The molecule has 1 N–H and O–H groups in total. The van der Waals surface area contributed by atoms with Gasteiger partial charge in [-0.3, -0.25) is 9.10 Å². The average molecular weight is 591 g/mol. The van der Waals surface area contributed by atoms with Crippen molar-refractivity contribution < 1.29 is 41.0 Å². The first-order chi connectivity index (χ1) is 19.5. The van der Waals surface area contributed by atoms with E-state index in [4.69, 9.17) is 9.84 Å². The molecule has 2 aliphatic heterocycles. The highest BCUT2D eigenvalue weighted by atomic mass is 32.2. The Kier molecular flexibility index (Phi) is 8.14. The predicted molar refractivity (Wildman–Crippen MR) is 147 cm³/mol. The molecule has 8 nitrogen and oxygen atoms in total. The van der Waals surface area contributed by atoms with Crippen LogP contribution in [-0.4, -0.2) is 57.9 Å². The number of hydrogen-bond acceptors (Lipinski definition) is 6. The number of piperidine rings is 1. The molecule has 1 unspecified atom stereocenters. The van der Waals surface area contributed by atoms with E-state index in [-0.39, 0.29) is 47.9 Å². The predicted octanol–water partition coefficient (Wildman–Crippen LogP) is 5.44. The van der Waals surface area contributed by atoms with E-state index in [0.29, 0.717) is 36.3 Å². The first-order valence-corrected chi connectivity index (χ1v) is 14.5. The van der Waals surface area contributed by atoms with Crippen molar-refractivity contribution in [3.63, 3.8) is 0 Å². The first kappa shape index (κ1) is 28.7. The third kappa shape index (κ3) is 6.28. The summed E-state index contributed by atoms with van der Waals surface area (Å²) in [5, 5.41) is 8.94. The van der Waals surface area contributed by atoms with E-state index in [2.05, 4.69) is 9.64 Å². The molecular weight excluding hydrogens is 561 g/mol. The number of anilines is 2. The minimum absolute atomic E-state index is 0.0723. The molecule has 3 aromatic carbocycles. The van der Waals surface area contributed by atoms with E-state index < -0.39 is 28.4 Å². The van der Waals surface area contributed by atoms with E-state index in [1.54, 1.807) is 43.3 Å². The van der Waals surface area contributed by atoms with Crippen LogP contribution in [0.1, 0.15) is 24.8 Å². The Morgan fingerprint density at radius 3 is 2.61 bits per heavy atom. The van der Waals surface area contributed by atoms with E-state index in [0.717, 1.165) is 11.6 Å². The fourth-order valence-electron chi connectivity index (χ4n) is 5.44. The van der Waals surface area contributed by atoms with Gasteiger partial charge in [-0.2, -0.15) is 8.78 Å². The van der Waals surface area contributed by atoms with Crippen molar-refractivity contribution >= 4 is 27.4 Å². The van der Waals surface area contributed by atoms with E-state index in [1.165, 1.54) is 22.5 Å². The quantitative estimate of drug-likeness (QED) is 0.355. The van der Waals surface area contributed by atoms with Crippen molar-refractivity contribution in [2.24, 2.45) is 0 Å². The van der Waals surface area contributed by atoms with E-state index >= 15 is 0 Å². The van der Waals surface area contributed by atoms with Gasteiger partial charge in [-0.25, -0.2) is 12.8 Å². The number of halogens is 3. The fourth-order valence-corrected chi connectivity index (χ4v) is 7.05. The lowest BCUT2D eigenvalue weighted by Crippen LogP contribution is -2.55. The minimum atomic E-state index is -4.04. The molecule has 2 aliphatic rings.